The molecule has 0 aliphatic carbocycles. The van der Waals surface area contributed by atoms with Gasteiger partial charge in [-0.05, 0) is 36.8 Å². The average Bonchev–Trinajstić information content (AvgIpc) is 2.89. The van der Waals surface area contributed by atoms with Gasteiger partial charge >= 0.3 is 5.92 Å². The summed E-state index contributed by atoms with van der Waals surface area (Å²) in [5.74, 6) is -5.21. The molecule has 34 heavy (non-hydrogen) atoms. The topological polar surface area (TPSA) is 46.2 Å². The first-order chi connectivity index (χ1) is 16.3. The van der Waals surface area contributed by atoms with Crippen molar-refractivity contribution in [3.63, 3.8) is 0 Å². The van der Waals surface area contributed by atoms with Crippen molar-refractivity contribution in [2.24, 2.45) is 0 Å². The third-order valence-electron chi connectivity index (χ3n) is 5.66. The fraction of sp³-hybridized carbons (Fsp3) is 0.107. The Morgan fingerprint density at radius 1 is 0.735 bits per heavy atom. The molecule has 1 N–H and O–H groups in total. The molecular formula is C28H24F2NO2P. The van der Waals surface area contributed by atoms with Crippen LogP contribution in [0.25, 0.3) is 0 Å². The summed E-state index contributed by atoms with van der Waals surface area (Å²) in [5, 5.41) is 3.53. The minimum atomic E-state index is -3.88. The molecule has 0 aliphatic heterocycles. The number of rotatable bonds is 8. The van der Waals surface area contributed by atoms with Crippen LogP contribution in [0.4, 0.5) is 8.78 Å². The van der Waals surface area contributed by atoms with Crippen LogP contribution in [0, 0.1) is 6.92 Å². The monoisotopic (exact) mass is 475 g/mol. The zero-order valence-corrected chi connectivity index (χ0v) is 19.5. The molecule has 0 saturated carbocycles. The highest BCUT2D eigenvalue weighted by Crippen LogP contribution is 2.46. The van der Waals surface area contributed by atoms with Crippen molar-refractivity contribution in [1.29, 1.82) is 0 Å². The number of Topliss-reactive ketones (excluding diaryl/α,β-unsaturated/α-hetero) is 1. The van der Waals surface area contributed by atoms with Crippen LogP contribution in [0.3, 0.4) is 0 Å². The number of halogens is 2. The van der Waals surface area contributed by atoms with Crippen LogP contribution in [0.1, 0.15) is 27.5 Å². The molecule has 0 aliphatic rings. The first-order valence-electron chi connectivity index (χ1n) is 10.9. The van der Waals surface area contributed by atoms with E-state index < -0.39 is 25.0 Å². The summed E-state index contributed by atoms with van der Waals surface area (Å²) < 4.78 is 46.5. The summed E-state index contributed by atoms with van der Waals surface area (Å²) in [6, 6.07) is 29.0. The predicted octanol–water partition coefficient (Wildman–Crippen LogP) is 6.07. The summed E-state index contributed by atoms with van der Waals surface area (Å²) in [5.41, 5.74) is 0.946. The summed E-state index contributed by atoms with van der Waals surface area (Å²) >= 11 is 0. The summed E-state index contributed by atoms with van der Waals surface area (Å²) in [6.45, 7) is 1.85. The maximum Gasteiger partial charge on any atom is 0.329 e. The molecule has 0 heterocycles. The van der Waals surface area contributed by atoms with Gasteiger partial charge in [0.05, 0.1) is 0 Å². The molecule has 172 valence electrons. The predicted molar refractivity (Wildman–Crippen MR) is 133 cm³/mol. The van der Waals surface area contributed by atoms with E-state index in [1.165, 1.54) is 24.3 Å². The van der Waals surface area contributed by atoms with Crippen LogP contribution in [-0.2, 0) is 4.57 Å². The van der Waals surface area contributed by atoms with Crippen molar-refractivity contribution < 1.29 is 18.1 Å². The van der Waals surface area contributed by atoms with Gasteiger partial charge < -0.3 is 0 Å². The maximum absolute atomic E-state index is 16.0. The van der Waals surface area contributed by atoms with Gasteiger partial charge in [0.15, 0.2) is 0 Å². The first kappa shape index (κ1) is 23.7. The lowest BCUT2D eigenvalue weighted by molar-refractivity contribution is -0.0111. The van der Waals surface area contributed by atoms with Gasteiger partial charge in [0, 0.05) is 16.2 Å². The lowest BCUT2D eigenvalue weighted by Gasteiger charge is -2.32. The molecular weight excluding hydrogens is 451 g/mol. The Balaban J connectivity index is 1.87. The molecule has 0 spiro atoms. The van der Waals surface area contributed by atoms with E-state index in [4.69, 9.17) is 0 Å². The van der Waals surface area contributed by atoms with Crippen LogP contribution >= 0.6 is 7.29 Å². The van der Waals surface area contributed by atoms with Gasteiger partial charge in [-0.15, -0.1) is 0 Å². The lowest BCUT2D eigenvalue weighted by atomic mass is 9.94. The second-order valence-corrected chi connectivity index (χ2v) is 10.6. The Hall–Kier alpha value is -3.40. The highest BCUT2D eigenvalue weighted by molar-refractivity contribution is 7.76. The number of aryl methyl sites for hydroxylation is 1. The Morgan fingerprint density at radius 2 is 1.18 bits per heavy atom. The molecule has 0 bridgehead atoms. The van der Waals surface area contributed by atoms with Crippen molar-refractivity contribution in [3.8, 4) is 0 Å². The lowest BCUT2D eigenvalue weighted by Crippen LogP contribution is -2.44. The summed E-state index contributed by atoms with van der Waals surface area (Å²) in [7, 11) is -3.77. The van der Waals surface area contributed by atoms with Crippen molar-refractivity contribution in [2.45, 2.75) is 18.9 Å². The number of hydrogen-bond acceptors (Lipinski definition) is 2. The first-order valence-corrected chi connectivity index (χ1v) is 12.6. The van der Waals surface area contributed by atoms with Crippen LogP contribution in [0.5, 0.6) is 0 Å². The molecule has 0 aromatic heterocycles. The zero-order valence-electron chi connectivity index (χ0n) is 18.6. The summed E-state index contributed by atoms with van der Waals surface area (Å²) in [6.07, 6.45) is 0. The zero-order chi connectivity index (χ0) is 24.2. The molecule has 6 heteroatoms. The van der Waals surface area contributed by atoms with E-state index in [2.05, 4.69) is 5.09 Å². The Labute approximate surface area is 197 Å². The van der Waals surface area contributed by atoms with Crippen molar-refractivity contribution in [1.82, 2.24) is 5.09 Å². The second kappa shape index (κ2) is 9.84. The van der Waals surface area contributed by atoms with Crippen LogP contribution in [-0.4, -0.2) is 11.7 Å². The van der Waals surface area contributed by atoms with E-state index in [1.807, 2.05) is 6.92 Å². The quantitative estimate of drug-likeness (QED) is 0.248. The molecule has 0 radical (unpaired) electrons. The standard InChI is InChI=1S/C28H24F2NO2P/c1-21-17-19-22(20-18-21)26(28(29,30)27(32)23-11-5-2-6-12-23)31-34(33,24-13-7-3-8-14-24)25-15-9-4-10-16-25/h2-20,26H,1H3,(H,31,33). The molecule has 4 rings (SSSR count). The van der Waals surface area contributed by atoms with Gasteiger partial charge in [0.1, 0.15) is 6.04 Å². The highest BCUT2D eigenvalue weighted by atomic mass is 31.2. The number of alkyl halides is 2. The number of carbonyl (C=O) groups excluding carboxylic acids is 1. The van der Waals surface area contributed by atoms with E-state index in [1.54, 1.807) is 91.0 Å². The van der Waals surface area contributed by atoms with Crippen molar-refractivity contribution in [2.75, 3.05) is 0 Å². The molecule has 1 atom stereocenters. The number of nitrogens with one attached hydrogen (secondary N) is 1. The molecule has 0 saturated heterocycles. The molecule has 0 amide bonds. The molecule has 0 fully saturated rings. The van der Waals surface area contributed by atoms with Crippen LogP contribution < -0.4 is 15.7 Å². The number of ketones is 1. The van der Waals surface area contributed by atoms with Gasteiger partial charge in [-0.2, -0.15) is 8.78 Å². The third kappa shape index (κ3) is 4.77. The maximum atomic E-state index is 16.0. The smallest absolute Gasteiger partial charge is 0.296 e. The summed E-state index contributed by atoms with van der Waals surface area (Å²) in [4.78, 5) is 13.0. The minimum Gasteiger partial charge on any atom is -0.296 e. The number of hydrogen-bond donors (Lipinski definition) is 1. The fourth-order valence-corrected chi connectivity index (χ4v) is 6.25. The molecule has 4 aromatic rings. The van der Waals surface area contributed by atoms with Gasteiger partial charge in [-0.25, -0.2) is 5.09 Å². The SMILES string of the molecule is Cc1ccc(C(NP(=O)(c2ccccc2)c2ccccc2)C(F)(F)C(=O)c2ccccc2)cc1. The van der Waals surface area contributed by atoms with Gasteiger partial charge in [0.2, 0.25) is 13.1 Å². The van der Waals surface area contributed by atoms with E-state index in [0.717, 1.165) is 5.56 Å². The van der Waals surface area contributed by atoms with Crippen molar-refractivity contribution in [3.05, 3.63) is 132 Å². The van der Waals surface area contributed by atoms with E-state index in [9.17, 15) is 9.36 Å². The molecule has 3 nitrogen and oxygen atoms in total. The van der Waals surface area contributed by atoms with Gasteiger partial charge in [0.25, 0.3) is 0 Å². The number of carbonyl (C=O) groups is 1. The van der Waals surface area contributed by atoms with Crippen LogP contribution in [0.15, 0.2) is 115 Å². The fourth-order valence-electron chi connectivity index (χ4n) is 3.79. The Morgan fingerprint density at radius 3 is 1.65 bits per heavy atom. The molecule has 1 unspecified atom stereocenters. The Kier molecular flexibility index (Phi) is 6.87. The second-order valence-electron chi connectivity index (χ2n) is 8.07. The van der Waals surface area contributed by atoms with Gasteiger partial charge in [-0.1, -0.05) is 96.6 Å². The van der Waals surface area contributed by atoms with Crippen molar-refractivity contribution >= 4 is 23.7 Å². The normalized spacial score (nSPS) is 12.8. The largest absolute Gasteiger partial charge is 0.329 e. The highest BCUT2D eigenvalue weighted by Gasteiger charge is 2.50. The Bertz CT molecular complexity index is 1250. The van der Waals surface area contributed by atoms with Crippen LogP contribution in [0.2, 0.25) is 0 Å². The van der Waals surface area contributed by atoms with E-state index in [-0.39, 0.29) is 11.1 Å². The third-order valence-corrected chi connectivity index (χ3v) is 8.33. The van der Waals surface area contributed by atoms with E-state index in [0.29, 0.717) is 10.6 Å². The van der Waals surface area contributed by atoms with E-state index >= 15 is 8.78 Å². The average molecular weight is 475 g/mol. The number of benzene rings is 4. The van der Waals surface area contributed by atoms with Gasteiger partial charge in [-0.3, -0.25) is 9.36 Å². The minimum absolute atomic E-state index is 0.110. The molecule has 4 aromatic carbocycles.